The van der Waals surface area contributed by atoms with Crippen LogP contribution in [-0.2, 0) is 16.8 Å². The molecule has 27 heavy (non-hydrogen) atoms. The first-order valence-corrected chi connectivity index (χ1v) is 9.99. The van der Waals surface area contributed by atoms with Crippen molar-refractivity contribution < 1.29 is 17.6 Å². The Morgan fingerprint density at radius 1 is 1.07 bits per heavy atom. The van der Waals surface area contributed by atoms with E-state index in [9.17, 15) is 17.6 Å². The number of hydrogen-bond donors (Lipinski definition) is 1. The lowest BCUT2D eigenvalue weighted by molar-refractivity contribution is 0.0953. The Labute approximate surface area is 159 Å². The molecule has 2 aromatic rings. The number of nitrogens with one attached hydrogen (secondary N) is 1. The summed E-state index contributed by atoms with van der Waals surface area (Å²) < 4.78 is 41.7. The molecule has 0 saturated carbocycles. The topological polar surface area (TPSA) is 69.7 Å². The predicted molar refractivity (Wildman–Crippen MR) is 104 cm³/mol. The van der Waals surface area contributed by atoms with Crippen molar-refractivity contribution in [2.75, 3.05) is 24.9 Å². The average molecular weight is 393 g/mol. The largest absolute Gasteiger partial charge is 0.352 e. The maximum Gasteiger partial charge on any atom is 0.303 e. The van der Waals surface area contributed by atoms with Gasteiger partial charge in [0.2, 0.25) is 0 Å². The molecule has 2 aromatic carbocycles. The van der Waals surface area contributed by atoms with Crippen molar-refractivity contribution in [1.29, 1.82) is 0 Å². The van der Waals surface area contributed by atoms with Gasteiger partial charge in [-0.1, -0.05) is 31.2 Å². The lowest BCUT2D eigenvalue weighted by Gasteiger charge is -2.27. The smallest absolute Gasteiger partial charge is 0.303 e. The molecule has 0 radical (unpaired) electrons. The Hall–Kier alpha value is -2.45. The number of anilines is 1. The highest BCUT2D eigenvalue weighted by Crippen LogP contribution is 2.25. The fraction of sp³-hybridized carbons (Fsp3) is 0.316. The van der Waals surface area contributed by atoms with Crippen LogP contribution in [-0.4, -0.2) is 39.3 Å². The molecule has 0 unspecified atom stereocenters. The number of carbonyl (C=O) groups is 1. The second kappa shape index (κ2) is 8.96. The number of rotatable bonds is 8. The third-order valence-electron chi connectivity index (χ3n) is 3.94. The summed E-state index contributed by atoms with van der Waals surface area (Å²) in [5, 5.41) is 2.78. The van der Waals surface area contributed by atoms with Crippen LogP contribution < -0.4 is 9.62 Å². The molecule has 1 amide bonds. The van der Waals surface area contributed by atoms with E-state index in [1.54, 1.807) is 30.3 Å². The zero-order valence-electron chi connectivity index (χ0n) is 15.6. The molecule has 0 aliphatic heterocycles. The van der Waals surface area contributed by atoms with Gasteiger partial charge < -0.3 is 5.32 Å². The van der Waals surface area contributed by atoms with Crippen LogP contribution in [0.5, 0.6) is 0 Å². The number of nitrogens with zero attached hydrogens (tertiary/aromatic N) is 2. The monoisotopic (exact) mass is 393 g/mol. The van der Waals surface area contributed by atoms with E-state index in [-0.39, 0.29) is 18.1 Å². The van der Waals surface area contributed by atoms with E-state index in [0.717, 1.165) is 15.0 Å². The Kier molecular flexibility index (Phi) is 6.92. The van der Waals surface area contributed by atoms with E-state index in [4.69, 9.17) is 0 Å². The van der Waals surface area contributed by atoms with E-state index in [2.05, 4.69) is 5.32 Å². The van der Waals surface area contributed by atoms with Crippen molar-refractivity contribution in [3.63, 3.8) is 0 Å². The highest BCUT2D eigenvalue weighted by molar-refractivity contribution is 7.90. The number of carbonyl (C=O) groups excluding carboxylic acids is 1. The van der Waals surface area contributed by atoms with Gasteiger partial charge in [0.25, 0.3) is 5.91 Å². The van der Waals surface area contributed by atoms with Crippen molar-refractivity contribution in [1.82, 2.24) is 9.62 Å². The molecule has 6 nitrogen and oxygen atoms in total. The maximum absolute atomic E-state index is 14.2. The normalized spacial score (nSPS) is 11.4. The molecule has 0 spiro atoms. The molecule has 0 aliphatic carbocycles. The molecular formula is C19H24FN3O3S. The Morgan fingerprint density at radius 2 is 1.70 bits per heavy atom. The Morgan fingerprint density at radius 3 is 2.26 bits per heavy atom. The van der Waals surface area contributed by atoms with Crippen LogP contribution in [0.4, 0.5) is 10.1 Å². The molecule has 146 valence electrons. The quantitative estimate of drug-likeness (QED) is 0.750. The summed E-state index contributed by atoms with van der Waals surface area (Å²) in [6.07, 6.45) is 0.837. The van der Waals surface area contributed by atoms with E-state index < -0.39 is 16.0 Å². The summed E-state index contributed by atoms with van der Waals surface area (Å²) in [6.45, 7) is 2.49. The van der Waals surface area contributed by atoms with E-state index in [1.165, 1.54) is 32.3 Å². The molecule has 0 aliphatic rings. The summed E-state index contributed by atoms with van der Waals surface area (Å²) in [6, 6.07) is 12.3. The summed E-state index contributed by atoms with van der Waals surface area (Å²) in [5.74, 6) is -0.811. The summed E-state index contributed by atoms with van der Waals surface area (Å²) in [5.41, 5.74) is 1.09. The van der Waals surface area contributed by atoms with Gasteiger partial charge >= 0.3 is 10.2 Å². The van der Waals surface area contributed by atoms with Crippen LogP contribution in [0, 0.1) is 5.82 Å². The van der Waals surface area contributed by atoms with E-state index >= 15 is 0 Å². The van der Waals surface area contributed by atoms with Crippen molar-refractivity contribution in [3.05, 3.63) is 65.5 Å². The molecule has 0 heterocycles. The van der Waals surface area contributed by atoms with Crippen LogP contribution in [0.15, 0.2) is 48.5 Å². The summed E-state index contributed by atoms with van der Waals surface area (Å²) in [4.78, 5) is 12.0. The fourth-order valence-electron chi connectivity index (χ4n) is 2.41. The number of para-hydroxylation sites is 1. The minimum atomic E-state index is -3.90. The van der Waals surface area contributed by atoms with Gasteiger partial charge in [-0.05, 0) is 36.2 Å². The zero-order valence-corrected chi connectivity index (χ0v) is 16.5. The minimum absolute atomic E-state index is 0.0315. The van der Waals surface area contributed by atoms with Gasteiger partial charge in [-0.3, -0.25) is 9.10 Å². The van der Waals surface area contributed by atoms with Crippen molar-refractivity contribution >= 4 is 21.8 Å². The van der Waals surface area contributed by atoms with Crippen molar-refractivity contribution in [2.45, 2.75) is 19.9 Å². The van der Waals surface area contributed by atoms with Gasteiger partial charge in [-0.25, -0.2) is 4.39 Å². The third-order valence-corrected chi connectivity index (χ3v) is 5.74. The van der Waals surface area contributed by atoms with E-state index in [1.807, 2.05) is 6.92 Å². The average Bonchev–Trinajstić information content (AvgIpc) is 2.65. The summed E-state index contributed by atoms with van der Waals surface area (Å²) in [7, 11) is -1.12. The Balaban J connectivity index is 2.31. The van der Waals surface area contributed by atoms with Gasteiger partial charge in [0.05, 0.1) is 12.2 Å². The van der Waals surface area contributed by atoms with Crippen LogP contribution in [0.2, 0.25) is 0 Å². The highest BCUT2D eigenvalue weighted by atomic mass is 32.2. The number of amides is 1. The number of benzene rings is 2. The molecule has 0 aromatic heterocycles. The number of hydrogen-bond acceptors (Lipinski definition) is 3. The third kappa shape index (κ3) is 5.05. The molecule has 0 bridgehead atoms. The van der Waals surface area contributed by atoms with Crippen LogP contribution in [0.3, 0.4) is 0 Å². The van der Waals surface area contributed by atoms with Crippen LogP contribution in [0.1, 0.15) is 29.3 Å². The van der Waals surface area contributed by atoms with Crippen molar-refractivity contribution in [2.24, 2.45) is 0 Å². The fourth-order valence-corrected chi connectivity index (χ4v) is 3.51. The highest BCUT2D eigenvalue weighted by Gasteiger charge is 2.27. The Bertz CT molecular complexity index is 883. The predicted octanol–water partition coefficient (Wildman–Crippen LogP) is 2.78. The lowest BCUT2D eigenvalue weighted by atomic mass is 10.1. The first-order valence-electron chi connectivity index (χ1n) is 8.59. The molecular weight excluding hydrogens is 369 g/mol. The van der Waals surface area contributed by atoms with Gasteiger partial charge in [0.1, 0.15) is 5.82 Å². The van der Waals surface area contributed by atoms with E-state index in [0.29, 0.717) is 17.7 Å². The van der Waals surface area contributed by atoms with Crippen molar-refractivity contribution in [3.8, 4) is 0 Å². The van der Waals surface area contributed by atoms with Gasteiger partial charge in [0.15, 0.2) is 0 Å². The molecule has 1 N–H and O–H groups in total. The van der Waals surface area contributed by atoms with Gasteiger partial charge in [-0.2, -0.15) is 12.7 Å². The van der Waals surface area contributed by atoms with Crippen LogP contribution in [0.25, 0.3) is 0 Å². The summed E-state index contributed by atoms with van der Waals surface area (Å²) >= 11 is 0. The second-order valence-corrected chi connectivity index (χ2v) is 8.27. The SMILES string of the molecule is CCCNC(=O)c1ccc(CN(c2ccccc2F)S(=O)(=O)N(C)C)cc1. The maximum atomic E-state index is 14.2. The molecule has 0 saturated heterocycles. The molecule has 8 heteroatoms. The van der Waals surface area contributed by atoms with Crippen LogP contribution >= 0.6 is 0 Å². The van der Waals surface area contributed by atoms with Gasteiger partial charge in [0, 0.05) is 26.2 Å². The first kappa shape index (κ1) is 20.9. The molecule has 2 rings (SSSR count). The number of halogens is 1. The lowest BCUT2D eigenvalue weighted by Crippen LogP contribution is -2.40. The standard InChI is InChI=1S/C19H24FN3O3S/c1-4-13-21-19(24)16-11-9-15(10-12-16)14-23(27(25,26)22(2)3)18-8-6-5-7-17(18)20/h5-12H,4,13-14H2,1-3H3,(H,21,24). The molecule has 0 atom stereocenters. The second-order valence-electron chi connectivity index (χ2n) is 6.20. The first-order chi connectivity index (χ1) is 12.8. The van der Waals surface area contributed by atoms with Gasteiger partial charge in [-0.15, -0.1) is 0 Å². The zero-order chi connectivity index (χ0) is 20.0. The minimum Gasteiger partial charge on any atom is -0.352 e. The molecule has 0 fully saturated rings.